The average Bonchev–Trinajstić information content (AvgIpc) is 2.87. The van der Waals surface area contributed by atoms with Gasteiger partial charge in [0, 0.05) is 17.8 Å². The van der Waals surface area contributed by atoms with E-state index in [9.17, 15) is 17.6 Å². The van der Waals surface area contributed by atoms with Crippen molar-refractivity contribution < 1.29 is 17.6 Å². The molecule has 0 saturated heterocycles. The Balaban J connectivity index is 2.44. The number of hydrogen-bond acceptors (Lipinski definition) is 3. The van der Waals surface area contributed by atoms with Gasteiger partial charge in [0.25, 0.3) is 0 Å². The molecule has 2 nitrogen and oxygen atoms in total. The molecule has 0 aliphatic rings. The van der Waals surface area contributed by atoms with Gasteiger partial charge in [0.1, 0.15) is 5.82 Å². The van der Waals surface area contributed by atoms with Crippen LogP contribution in [0.2, 0.25) is 0 Å². The Morgan fingerprint density at radius 1 is 1.30 bits per heavy atom. The van der Waals surface area contributed by atoms with Crippen LogP contribution in [0.25, 0.3) is 10.4 Å². The summed E-state index contributed by atoms with van der Waals surface area (Å²) in [6.07, 6.45) is -3.45. The second kappa shape index (κ2) is 5.49. The Morgan fingerprint density at radius 3 is 2.55 bits per heavy atom. The third kappa shape index (κ3) is 2.99. The first-order valence-electron chi connectivity index (χ1n) is 5.83. The lowest BCUT2D eigenvalue weighted by Crippen LogP contribution is -2.12. The highest BCUT2D eigenvalue weighted by atomic mass is 32.1. The molecule has 2 aromatic rings. The van der Waals surface area contributed by atoms with Crippen LogP contribution in [0.5, 0.6) is 0 Å². The molecule has 0 radical (unpaired) electrons. The number of nitrogens with zero attached hydrogens (tertiary/aromatic N) is 1. The molecular weight excluding hydrogens is 292 g/mol. The van der Waals surface area contributed by atoms with E-state index in [1.807, 2.05) is 6.92 Å². The number of aromatic nitrogens is 1. The number of alkyl halides is 3. The van der Waals surface area contributed by atoms with Gasteiger partial charge in [-0.2, -0.15) is 13.2 Å². The molecule has 0 bridgehead atoms. The van der Waals surface area contributed by atoms with E-state index in [2.05, 4.69) is 10.3 Å². The third-order valence-corrected chi connectivity index (χ3v) is 4.01. The summed E-state index contributed by atoms with van der Waals surface area (Å²) in [7, 11) is 1.75. The Bertz CT molecular complexity index is 607. The molecule has 1 N–H and O–H groups in total. The molecule has 0 saturated carbocycles. The molecule has 0 amide bonds. The molecule has 20 heavy (non-hydrogen) atoms. The molecule has 108 valence electrons. The Morgan fingerprint density at radius 2 is 2.00 bits per heavy atom. The predicted molar refractivity (Wildman–Crippen MR) is 70.0 cm³/mol. The van der Waals surface area contributed by atoms with E-state index in [1.54, 1.807) is 19.2 Å². The smallest absolute Gasteiger partial charge is 0.313 e. The van der Waals surface area contributed by atoms with Crippen molar-refractivity contribution in [1.82, 2.24) is 10.3 Å². The minimum atomic E-state index is -4.50. The van der Waals surface area contributed by atoms with E-state index in [0.717, 1.165) is 11.8 Å². The van der Waals surface area contributed by atoms with Crippen LogP contribution < -0.4 is 5.32 Å². The zero-order valence-electron chi connectivity index (χ0n) is 10.8. The summed E-state index contributed by atoms with van der Waals surface area (Å²) in [6, 6.07) is 4.38. The summed E-state index contributed by atoms with van der Waals surface area (Å²) >= 11 is 0.439. The second-order valence-electron chi connectivity index (χ2n) is 4.28. The molecule has 1 aromatic carbocycles. The van der Waals surface area contributed by atoms with Crippen molar-refractivity contribution in [1.29, 1.82) is 0 Å². The molecule has 2 rings (SSSR count). The molecule has 1 aromatic heterocycles. The van der Waals surface area contributed by atoms with Crippen molar-refractivity contribution in [3.8, 4) is 10.4 Å². The zero-order chi connectivity index (χ0) is 14.9. The fourth-order valence-electron chi connectivity index (χ4n) is 1.70. The number of nitrogens with one attached hydrogen (secondary N) is 1. The van der Waals surface area contributed by atoms with Gasteiger partial charge in [-0.05, 0) is 31.7 Å². The van der Waals surface area contributed by atoms with Gasteiger partial charge in [0.15, 0.2) is 5.01 Å². The van der Waals surface area contributed by atoms with Crippen molar-refractivity contribution in [2.45, 2.75) is 19.1 Å². The minimum Gasteiger partial charge on any atom is -0.313 e. The van der Waals surface area contributed by atoms with E-state index in [0.29, 0.717) is 11.3 Å². The Kier molecular flexibility index (Phi) is 4.10. The second-order valence-corrected chi connectivity index (χ2v) is 5.31. The normalized spacial score (nSPS) is 13.5. The summed E-state index contributed by atoms with van der Waals surface area (Å²) in [6.45, 7) is 1.88. The summed E-state index contributed by atoms with van der Waals surface area (Å²) in [5.41, 5.74) is 0.934. The van der Waals surface area contributed by atoms with Gasteiger partial charge in [-0.1, -0.05) is 6.07 Å². The predicted octanol–water partition coefficient (Wildman–Crippen LogP) is 4.25. The van der Waals surface area contributed by atoms with Gasteiger partial charge in [0.05, 0.1) is 4.88 Å². The van der Waals surface area contributed by atoms with Crippen LogP contribution in [0.4, 0.5) is 17.6 Å². The monoisotopic (exact) mass is 304 g/mol. The van der Waals surface area contributed by atoms with Crippen LogP contribution in [-0.4, -0.2) is 12.0 Å². The molecule has 7 heteroatoms. The molecule has 0 spiro atoms. The maximum atomic E-state index is 13.8. The van der Waals surface area contributed by atoms with E-state index in [4.69, 9.17) is 0 Å². The Hall–Kier alpha value is -1.47. The average molecular weight is 304 g/mol. The molecule has 1 atom stereocenters. The maximum Gasteiger partial charge on any atom is 0.443 e. The zero-order valence-corrected chi connectivity index (χ0v) is 11.6. The van der Waals surface area contributed by atoms with E-state index in [1.165, 1.54) is 6.07 Å². The van der Waals surface area contributed by atoms with Crippen molar-refractivity contribution in [3.05, 3.63) is 40.8 Å². The molecular formula is C13H12F4N2S. The van der Waals surface area contributed by atoms with Crippen LogP contribution in [0, 0.1) is 5.82 Å². The maximum absolute atomic E-state index is 13.8. The van der Waals surface area contributed by atoms with Gasteiger partial charge >= 0.3 is 6.18 Å². The summed E-state index contributed by atoms with van der Waals surface area (Å²) in [5, 5.41) is 2.02. The quantitative estimate of drug-likeness (QED) is 0.858. The summed E-state index contributed by atoms with van der Waals surface area (Å²) < 4.78 is 51.4. The lowest BCUT2D eigenvalue weighted by atomic mass is 10.0. The van der Waals surface area contributed by atoms with Crippen LogP contribution in [0.3, 0.4) is 0 Å². The fraction of sp³-hybridized carbons (Fsp3) is 0.308. The van der Waals surface area contributed by atoms with Crippen molar-refractivity contribution in [2.24, 2.45) is 0 Å². The number of thiazole rings is 1. The number of rotatable bonds is 3. The van der Waals surface area contributed by atoms with E-state index < -0.39 is 17.0 Å². The topological polar surface area (TPSA) is 24.9 Å². The number of hydrogen-bond donors (Lipinski definition) is 1. The minimum absolute atomic E-state index is 0.0237. The van der Waals surface area contributed by atoms with Crippen molar-refractivity contribution >= 4 is 11.3 Å². The van der Waals surface area contributed by atoms with Gasteiger partial charge < -0.3 is 5.32 Å². The van der Waals surface area contributed by atoms with Crippen LogP contribution in [-0.2, 0) is 6.18 Å². The standard InChI is InChI=1S/C13H12F4N2S/c1-7(18-2)8-3-4-10(14)9(5-8)11-6-19-12(20-11)13(15,16)17/h3-7,18H,1-2H3. The van der Waals surface area contributed by atoms with E-state index >= 15 is 0 Å². The summed E-state index contributed by atoms with van der Waals surface area (Å²) in [5.74, 6) is -0.561. The molecule has 0 aliphatic heterocycles. The highest BCUT2D eigenvalue weighted by molar-refractivity contribution is 7.15. The van der Waals surface area contributed by atoms with Crippen LogP contribution in [0.15, 0.2) is 24.4 Å². The van der Waals surface area contributed by atoms with Crippen LogP contribution >= 0.6 is 11.3 Å². The molecule has 1 heterocycles. The summed E-state index contributed by atoms with van der Waals surface area (Å²) in [4.78, 5) is 3.48. The third-order valence-electron chi connectivity index (χ3n) is 2.94. The highest BCUT2D eigenvalue weighted by Gasteiger charge is 2.34. The highest BCUT2D eigenvalue weighted by Crippen LogP contribution is 2.37. The molecule has 0 fully saturated rings. The van der Waals surface area contributed by atoms with Gasteiger partial charge in [0.2, 0.25) is 0 Å². The lowest BCUT2D eigenvalue weighted by molar-refractivity contribution is -0.137. The van der Waals surface area contributed by atoms with Gasteiger partial charge in [-0.25, -0.2) is 9.37 Å². The molecule has 0 aliphatic carbocycles. The first kappa shape index (κ1) is 14.9. The largest absolute Gasteiger partial charge is 0.443 e. The lowest BCUT2D eigenvalue weighted by Gasteiger charge is -2.12. The van der Waals surface area contributed by atoms with Gasteiger partial charge in [-0.3, -0.25) is 0 Å². The fourth-order valence-corrected chi connectivity index (χ4v) is 2.50. The van der Waals surface area contributed by atoms with Crippen LogP contribution in [0.1, 0.15) is 23.5 Å². The number of benzene rings is 1. The molecule has 1 unspecified atom stereocenters. The first-order valence-corrected chi connectivity index (χ1v) is 6.64. The Labute approximate surface area is 117 Å². The van der Waals surface area contributed by atoms with Crippen molar-refractivity contribution in [3.63, 3.8) is 0 Å². The first-order chi connectivity index (χ1) is 9.32. The number of halogens is 4. The van der Waals surface area contributed by atoms with E-state index in [-0.39, 0.29) is 16.5 Å². The van der Waals surface area contributed by atoms with Crippen molar-refractivity contribution in [2.75, 3.05) is 7.05 Å². The SMILES string of the molecule is CNC(C)c1ccc(F)c(-c2cnc(C(F)(F)F)s2)c1. The van der Waals surface area contributed by atoms with Gasteiger partial charge in [-0.15, -0.1) is 11.3 Å².